The van der Waals surface area contributed by atoms with E-state index >= 15 is 0 Å². The number of hydrogen-bond donors (Lipinski definition) is 1. The molecule has 0 saturated heterocycles. The van der Waals surface area contributed by atoms with Crippen LogP contribution >= 0.6 is 0 Å². The standard InChI is InChI=1S/C9H19NO2/c1-3-7-10-8-5-6-9(11)12-4-2/h10H,3-8H2,1-2H3. The van der Waals surface area contributed by atoms with Gasteiger partial charge in [0.25, 0.3) is 0 Å². The van der Waals surface area contributed by atoms with Crippen molar-refractivity contribution in [1.82, 2.24) is 5.32 Å². The van der Waals surface area contributed by atoms with E-state index in [1.807, 2.05) is 6.92 Å². The SMILES string of the molecule is CCCNCCCC(=O)OCC. The molecule has 72 valence electrons. The Morgan fingerprint density at radius 1 is 1.33 bits per heavy atom. The summed E-state index contributed by atoms with van der Waals surface area (Å²) in [6.07, 6.45) is 2.54. The summed E-state index contributed by atoms with van der Waals surface area (Å²) in [6.45, 7) is 6.38. The lowest BCUT2D eigenvalue weighted by atomic mass is 10.3. The first-order valence-corrected chi connectivity index (χ1v) is 4.67. The highest BCUT2D eigenvalue weighted by molar-refractivity contribution is 5.69. The molecule has 12 heavy (non-hydrogen) atoms. The molecule has 0 aromatic heterocycles. The van der Waals surface area contributed by atoms with Gasteiger partial charge in [0.2, 0.25) is 0 Å². The van der Waals surface area contributed by atoms with Crippen molar-refractivity contribution in [2.75, 3.05) is 19.7 Å². The average molecular weight is 173 g/mol. The van der Waals surface area contributed by atoms with Gasteiger partial charge in [0.15, 0.2) is 0 Å². The first-order valence-electron chi connectivity index (χ1n) is 4.67. The second kappa shape index (κ2) is 8.53. The van der Waals surface area contributed by atoms with Crippen LogP contribution in [0.3, 0.4) is 0 Å². The minimum Gasteiger partial charge on any atom is -0.466 e. The molecular weight excluding hydrogens is 154 g/mol. The molecule has 0 heterocycles. The molecule has 0 radical (unpaired) electrons. The van der Waals surface area contributed by atoms with E-state index in [4.69, 9.17) is 4.74 Å². The fourth-order valence-corrected chi connectivity index (χ4v) is 0.893. The Morgan fingerprint density at radius 3 is 2.67 bits per heavy atom. The molecule has 0 atom stereocenters. The Hall–Kier alpha value is -0.570. The third kappa shape index (κ3) is 7.54. The van der Waals surface area contributed by atoms with Crippen LogP contribution in [0.1, 0.15) is 33.1 Å². The molecule has 0 aromatic carbocycles. The maximum Gasteiger partial charge on any atom is 0.305 e. The number of carbonyl (C=O) groups is 1. The van der Waals surface area contributed by atoms with Crippen LogP contribution in [-0.4, -0.2) is 25.7 Å². The number of esters is 1. The monoisotopic (exact) mass is 173 g/mol. The molecule has 0 aliphatic carbocycles. The highest BCUT2D eigenvalue weighted by Crippen LogP contribution is 1.90. The normalized spacial score (nSPS) is 9.83. The molecule has 0 rings (SSSR count). The van der Waals surface area contributed by atoms with Gasteiger partial charge in [-0.05, 0) is 32.9 Å². The Bertz CT molecular complexity index is 115. The first-order chi connectivity index (χ1) is 5.81. The minimum absolute atomic E-state index is 0.0872. The van der Waals surface area contributed by atoms with E-state index in [9.17, 15) is 4.79 Å². The van der Waals surface area contributed by atoms with E-state index in [0.717, 1.165) is 25.9 Å². The van der Waals surface area contributed by atoms with Crippen LogP contribution in [0.5, 0.6) is 0 Å². The number of ether oxygens (including phenoxy) is 1. The zero-order valence-corrected chi connectivity index (χ0v) is 8.06. The molecule has 0 aliphatic rings. The van der Waals surface area contributed by atoms with Crippen LogP contribution < -0.4 is 5.32 Å². The summed E-state index contributed by atoms with van der Waals surface area (Å²) in [6, 6.07) is 0. The molecule has 1 N–H and O–H groups in total. The highest BCUT2D eigenvalue weighted by Gasteiger charge is 1.99. The maximum atomic E-state index is 10.8. The van der Waals surface area contributed by atoms with Crippen LogP contribution in [0.4, 0.5) is 0 Å². The molecule has 0 bridgehead atoms. The lowest BCUT2D eigenvalue weighted by molar-refractivity contribution is -0.143. The molecule has 3 heteroatoms. The Morgan fingerprint density at radius 2 is 2.08 bits per heavy atom. The van der Waals surface area contributed by atoms with Crippen LogP contribution in [0.2, 0.25) is 0 Å². The lowest BCUT2D eigenvalue weighted by Crippen LogP contribution is -2.17. The van der Waals surface area contributed by atoms with Gasteiger partial charge in [0.1, 0.15) is 0 Å². The van der Waals surface area contributed by atoms with Gasteiger partial charge in [-0.3, -0.25) is 4.79 Å². The molecule has 0 aliphatic heterocycles. The van der Waals surface area contributed by atoms with Crippen LogP contribution in [-0.2, 0) is 9.53 Å². The highest BCUT2D eigenvalue weighted by atomic mass is 16.5. The zero-order chi connectivity index (χ0) is 9.23. The Labute approximate surface area is 74.5 Å². The maximum absolute atomic E-state index is 10.8. The van der Waals surface area contributed by atoms with Gasteiger partial charge >= 0.3 is 5.97 Å². The smallest absolute Gasteiger partial charge is 0.305 e. The average Bonchev–Trinajstić information content (AvgIpc) is 2.05. The summed E-state index contributed by atoms with van der Waals surface area (Å²) in [4.78, 5) is 10.8. The van der Waals surface area contributed by atoms with Crippen molar-refractivity contribution in [2.45, 2.75) is 33.1 Å². The van der Waals surface area contributed by atoms with Crippen molar-refractivity contribution in [1.29, 1.82) is 0 Å². The van der Waals surface area contributed by atoms with Crippen molar-refractivity contribution >= 4 is 5.97 Å². The van der Waals surface area contributed by atoms with Crippen LogP contribution in [0.15, 0.2) is 0 Å². The third-order valence-electron chi connectivity index (χ3n) is 1.47. The van der Waals surface area contributed by atoms with Crippen molar-refractivity contribution in [3.8, 4) is 0 Å². The molecule has 0 unspecified atom stereocenters. The van der Waals surface area contributed by atoms with Gasteiger partial charge in [-0.1, -0.05) is 6.92 Å². The van der Waals surface area contributed by atoms with Gasteiger partial charge in [0, 0.05) is 6.42 Å². The van der Waals surface area contributed by atoms with Crippen molar-refractivity contribution < 1.29 is 9.53 Å². The van der Waals surface area contributed by atoms with Crippen LogP contribution in [0.25, 0.3) is 0 Å². The second-order valence-corrected chi connectivity index (χ2v) is 2.66. The summed E-state index contributed by atoms with van der Waals surface area (Å²) >= 11 is 0. The Balaban J connectivity index is 3.03. The quantitative estimate of drug-likeness (QED) is 0.466. The lowest BCUT2D eigenvalue weighted by Gasteiger charge is -2.02. The van der Waals surface area contributed by atoms with E-state index in [-0.39, 0.29) is 5.97 Å². The van der Waals surface area contributed by atoms with Gasteiger partial charge in [-0.15, -0.1) is 0 Å². The molecule has 3 nitrogen and oxygen atoms in total. The number of nitrogens with one attached hydrogen (secondary N) is 1. The first kappa shape index (κ1) is 11.4. The van der Waals surface area contributed by atoms with E-state index < -0.39 is 0 Å². The minimum atomic E-state index is -0.0872. The van der Waals surface area contributed by atoms with E-state index in [1.54, 1.807) is 0 Å². The predicted octanol–water partition coefficient (Wildman–Crippen LogP) is 1.33. The third-order valence-corrected chi connectivity index (χ3v) is 1.47. The summed E-state index contributed by atoms with van der Waals surface area (Å²) in [5, 5.41) is 3.22. The van der Waals surface area contributed by atoms with E-state index in [2.05, 4.69) is 12.2 Å². The molecular formula is C9H19NO2. The Kier molecular flexibility index (Phi) is 8.12. The summed E-state index contributed by atoms with van der Waals surface area (Å²) < 4.78 is 4.78. The van der Waals surface area contributed by atoms with Gasteiger partial charge in [-0.2, -0.15) is 0 Å². The summed E-state index contributed by atoms with van der Waals surface area (Å²) in [5.74, 6) is -0.0872. The van der Waals surface area contributed by atoms with Gasteiger partial charge < -0.3 is 10.1 Å². The fraction of sp³-hybridized carbons (Fsp3) is 0.889. The van der Waals surface area contributed by atoms with Crippen molar-refractivity contribution in [3.63, 3.8) is 0 Å². The van der Waals surface area contributed by atoms with Gasteiger partial charge in [-0.25, -0.2) is 0 Å². The van der Waals surface area contributed by atoms with Crippen molar-refractivity contribution in [3.05, 3.63) is 0 Å². The molecule has 0 amide bonds. The molecule has 0 fully saturated rings. The number of rotatable bonds is 7. The molecule has 0 aromatic rings. The summed E-state index contributed by atoms with van der Waals surface area (Å²) in [5.41, 5.74) is 0. The molecule has 0 saturated carbocycles. The topological polar surface area (TPSA) is 38.3 Å². The second-order valence-electron chi connectivity index (χ2n) is 2.66. The number of carbonyl (C=O) groups excluding carboxylic acids is 1. The van der Waals surface area contributed by atoms with Gasteiger partial charge in [0.05, 0.1) is 6.61 Å². The van der Waals surface area contributed by atoms with Crippen molar-refractivity contribution in [2.24, 2.45) is 0 Å². The van der Waals surface area contributed by atoms with E-state index in [1.165, 1.54) is 0 Å². The van der Waals surface area contributed by atoms with Crippen LogP contribution in [0, 0.1) is 0 Å². The number of hydrogen-bond acceptors (Lipinski definition) is 3. The summed E-state index contributed by atoms with van der Waals surface area (Å²) in [7, 11) is 0. The molecule has 0 spiro atoms. The fourth-order valence-electron chi connectivity index (χ4n) is 0.893. The predicted molar refractivity (Wildman–Crippen MR) is 49.0 cm³/mol. The van der Waals surface area contributed by atoms with E-state index in [0.29, 0.717) is 13.0 Å². The largest absolute Gasteiger partial charge is 0.466 e. The zero-order valence-electron chi connectivity index (χ0n) is 8.06.